The van der Waals surface area contributed by atoms with Crippen molar-refractivity contribution >= 4 is 23.2 Å². The Morgan fingerprint density at radius 1 is 1.08 bits per heavy atom. The van der Waals surface area contributed by atoms with E-state index in [0.29, 0.717) is 17.8 Å². The fourth-order valence-corrected chi connectivity index (χ4v) is 2.40. The first-order valence-electron chi connectivity index (χ1n) is 8.08. The van der Waals surface area contributed by atoms with Crippen molar-refractivity contribution < 1.29 is 9.59 Å². The highest BCUT2D eigenvalue weighted by Crippen LogP contribution is 2.25. The van der Waals surface area contributed by atoms with E-state index in [9.17, 15) is 9.59 Å². The highest BCUT2D eigenvalue weighted by molar-refractivity contribution is 6.14. The number of nitriles is 1. The van der Waals surface area contributed by atoms with Crippen LogP contribution in [0.3, 0.4) is 0 Å². The normalized spacial score (nSPS) is 10.6. The van der Waals surface area contributed by atoms with Crippen molar-refractivity contribution in [2.24, 2.45) is 5.41 Å². The van der Waals surface area contributed by atoms with Gasteiger partial charge in [0.2, 0.25) is 11.8 Å². The average Bonchev–Trinajstić information content (AvgIpc) is 2.63. The van der Waals surface area contributed by atoms with E-state index < -0.39 is 11.3 Å². The van der Waals surface area contributed by atoms with Gasteiger partial charge in [0.1, 0.15) is 5.41 Å². The predicted octanol–water partition coefficient (Wildman–Crippen LogP) is 3.58. The molecule has 2 aromatic rings. The molecule has 0 aliphatic rings. The lowest BCUT2D eigenvalue weighted by atomic mass is 9.89. The molecule has 0 heterocycles. The van der Waals surface area contributed by atoms with Gasteiger partial charge in [-0.1, -0.05) is 18.2 Å². The summed E-state index contributed by atoms with van der Waals surface area (Å²) in [7, 11) is 0. The van der Waals surface area contributed by atoms with E-state index in [1.54, 1.807) is 43.0 Å². The molecule has 2 amide bonds. The van der Waals surface area contributed by atoms with Gasteiger partial charge in [0.15, 0.2) is 0 Å². The molecule has 5 heteroatoms. The summed E-state index contributed by atoms with van der Waals surface area (Å²) in [5, 5.41) is 11.6. The number of nitrogens with zero attached hydrogens (tertiary/aromatic N) is 2. The number of benzene rings is 2. The monoisotopic (exact) mass is 335 g/mol. The molecule has 0 saturated heterocycles. The molecule has 0 saturated carbocycles. The Bertz CT molecular complexity index is 790. The number of hydrogen-bond acceptors (Lipinski definition) is 3. The van der Waals surface area contributed by atoms with Gasteiger partial charge in [-0.15, -0.1) is 0 Å². The van der Waals surface area contributed by atoms with Crippen molar-refractivity contribution in [3.63, 3.8) is 0 Å². The molecule has 0 atom stereocenters. The number of nitrogens with one attached hydrogen (secondary N) is 1. The van der Waals surface area contributed by atoms with Crippen LogP contribution < -0.4 is 10.2 Å². The Hall–Kier alpha value is -3.13. The quantitative estimate of drug-likeness (QED) is 0.849. The van der Waals surface area contributed by atoms with Crippen molar-refractivity contribution in [2.75, 3.05) is 16.8 Å². The van der Waals surface area contributed by atoms with Gasteiger partial charge in [-0.05, 0) is 57.2 Å². The minimum absolute atomic E-state index is 0.271. The lowest BCUT2D eigenvalue weighted by Gasteiger charge is -2.30. The van der Waals surface area contributed by atoms with Gasteiger partial charge in [0.05, 0.1) is 11.6 Å². The second-order valence-corrected chi connectivity index (χ2v) is 6.15. The maximum Gasteiger partial charge on any atom is 0.242 e. The van der Waals surface area contributed by atoms with Gasteiger partial charge in [0.25, 0.3) is 0 Å². The summed E-state index contributed by atoms with van der Waals surface area (Å²) in [6.45, 7) is 5.57. The lowest BCUT2D eigenvalue weighted by molar-refractivity contribution is -0.136. The van der Waals surface area contributed by atoms with Gasteiger partial charge >= 0.3 is 0 Å². The summed E-state index contributed by atoms with van der Waals surface area (Å²) < 4.78 is 0. The van der Waals surface area contributed by atoms with E-state index >= 15 is 0 Å². The Labute approximate surface area is 147 Å². The van der Waals surface area contributed by atoms with Gasteiger partial charge < -0.3 is 10.2 Å². The molecule has 0 aromatic heterocycles. The Morgan fingerprint density at radius 2 is 1.68 bits per heavy atom. The SMILES string of the molecule is CCN(C(=O)C(C)(C)C(=O)Nc1ccc(C#N)cc1)c1ccccc1. The van der Waals surface area contributed by atoms with Crippen LogP contribution in [-0.2, 0) is 9.59 Å². The molecule has 0 spiro atoms. The van der Waals surface area contributed by atoms with Gasteiger partial charge in [-0.25, -0.2) is 0 Å². The van der Waals surface area contributed by atoms with E-state index in [1.807, 2.05) is 43.3 Å². The summed E-state index contributed by atoms with van der Waals surface area (Å²) in [5.41, 5.74) is 0.580. The molecule has 0 bridgehead atoms. The van der Waals surface area contributed by atoms with E-state index in [4.69, 9.17) is 5.26 Å². The second kappa shape index (κ2) is 7.63. The third-order valence-corrected chi connectivity index (χ3v) is 4.00. The first kappa shape index (κ1) is 18.2. The second-order valence-electron chi connectivity index (χ2n) is 6.15. The highest BCUT2D eigenvalue weighted by atomic mass is 16.2. The number of anilines is 2. The zero-order valence-electron chi connectivity index (χ0n) is 14.6. The zero-order chi connectivity index (χ0) is 18.4. The van der Waals surface area contributed by atoms with Crippen LogP contribution in [0, 0.1) is 16.7 Å². The van der Waals surface area contributed by atoms with Crippen LogP contribution in [0.25, 0.3) is 0 Å². The van der Waals surface area contributed by atoms with Crippen LogP contribution in [0.2, 0.25) is 0 Å². The van der Waals surface area contributed by atoms with Crippen LogP contribution in [0.4, 0.5) is 11.4 Å². The molecule has 25 heavy (non-hydrogen) atoms. The van der Waals surface area contributed by atoms with E-state index in [1.165, 1.54) is 0 Å². The molecule has 1 N–H and O–H groups in total. The van der Waals surface area contributed by atoms with E-state index in [-0.39, 0.29) is 5.91 Å². The highest BCUT2D eigenvalue weighted by Gasteiger charge is 2.39. The van der Waals surface area contributed by atoms with Gasteiger partial charge in [-0.2, -0.15) is 5.26 Å². The molecular weight excluding hydrogens is 314 g/mol. The molecule has 0 aliphatic heterocycles. The van der Waals surface area contributed by atoms with E-state index in [2.05, 4.69) is 5.32 Å². The minimum atomic E-state index is -1.24. The van der Waals surface area contributed by atoms with Crippen LogP contribution in [0.1, 0.15) is 26.3 Å². The maximum atomic E-state index is 13.0. The zero-order valence-corrected chi connectivity index (χ0v) is 14.6. The number of amides is 2. The number of rotatable bonds is 5. The molecule has 128 valence electrons. The fourth-order valence-electron chi connectivity index (χ4n) is 2.40. The molecule has 2 rings (SSSR count). The summed E-state index contributed by atoms with van der Waals surface area (Å²) in [4.78, 5) is 27.2. The summed E-state index contributed by atoms with van der Waals surface area (Å²) in [5.74, 6) is -0.663. The van der Waals surface area contributed by atoms with Crippen LogP contribution >= 0.6 is 0 Å². The predicted molar refractivity (Wildman–Crippen MR) is 98.0 cm³/mol. The van der Waals surface area contributed by atoms with Crippen molar-refractivity contribution in [2.45, 2.75) is 20.8 Å². The average molecular weight is 335 g/mol. The minimum Gasteiger partial charge on any atom is -0.325 e. The third-order valence-electron chi connectivity index (χ3n) is 4.00. The van der Waals surface area contributed by atoms with Crippen molar-refractivity contribution in [1.82, 2.24) is 0 Å². The number of para-hydroxylation sites is 1. The summed E-state index contributed by atoms with van der Waals surface area (Å²) in [6.07, 6.45) is 0. The molecular formula is C20H21N3O2. The largest absolute Gasteiger partial charge is 0.325 e. The van der Waals surface area contributed by atoms with Crippen molar-refractivity contribution in [1.29, 1.82) is 5.26 Å². The van der Waals surface area contributed by atoms with Crippen LogP contribution in [0.5, 0.6) is 0 Å². The van der Waals surface area contributed by atoms with E-state index in [0.717, 1.165) is 5.69 Å². The Kier molecular flexibility index (Phi) is 5.56. The molecule has 5 nitrogen and oxygen atoms in total. The van der Waals surface area contributed by atoms with Crippen molar-refractivity contribution in [3.05, 3.63) is 60.2 Å². The fraction of sp³-hybridized carbons (Fsp3) is 0.250. The Morgan fingerprint density at radius 3 is 2.20 bits per heavy atom. The van der Waals surface area contributed by atoms with Gasteiger partial charge in [-0.3, -0.25) is 9.59 Å². The van der Waals surface area contributed by atoms with Crippen LogP contribution in [-0.4, -0.2) is 18.4 Å². The van der Waals surface area contributed by atoms with Crippen LogP contribution in [0.15, 0.2) is 54.6 Å². The lowest BCUT2D eigenvalue weighted by Crippen LogP contribution is -2.47. The Balaban J connectivity index is 2.18. The summed E-state index contributed by atoms with van der Waals surface area (Å²) in [6, 6.07) is 17.8. The first-order chi connectivity index (χ1) is 11.9. The standard InChI is InChI=1S/C20H21N3O2/c1-4-23(17-8-6-5-7-9-17)19(25)20(2,3)18(24)22-16-12-10-15(14-21)11-13-16/h5-13H,4H2,1-3H3,(H,22,24). The molecule has 0 radical (unpaired) electrons. The molecule has 0 aliphatic carbocycles. The number of carbonyl (C=O) groups excluding carboxylic acids is 2. The van der Waals surface area contributed by atoms with Gasteiger partial charge in [0, 0.05) is 17.9 Å². The summed E-state index contributed by atoms with van der Waals surface area (Å²) >= 11 is 0. The molecule has 0 fully saturated rings. The first-order valence-corrected chi connectivity index (χ1v) is 8.08. The van der Waals surface area contributed by atoms with Crippen molar-refractivity contribution in [3.8, 4) is 6.07 Å². The number of hydrogen-bond donors (Lipinski definition) is 1. The molecule has 2 aromatic carbocycles. The topological polar surface area (TPSA) is 73.2 Å². The number of carbonyl (C=O) groups is 2. The maximum absolute atomic E-state index is 13.0. The third kappa shape index (κ3) is 4.04. The molecule has 0 unspecified atom stereocenters. The smallest absolute Gasteiger partial charge is 0.242 e.